The molecule has 0 aliphatic carbocycles. The minimum Gasteiger partial charge on any atom is -0.465 e. The highest BCUT2D eigenvalue weighted by molar-refractivity contribution is 5.76. The van der Waals surface area contributed by atoms with E-state index in [2.05, 4.69) is 20.9 Å². The number of rotatable bonds is 3. The summed E-state index contributed by atoms with van der Waals surface area (Å²) < 4.78 is 39.8. The molecule has 8 heteroatoms. The Labute approximate surface area is 130 Å². The molecule has 0 bridgehead atoms. The maximum atomic E-state index is 13.1. The van der Waals surface area contributed by atoms with Crippen molar-refractivity contribution in [2.75, 3.05) is 6.61 Å². The van der Waals surface area contributed by atoms with Crippen LogP contribution in [0.2, 0.25) is 0 Å². The summed E-state index contributed by atoms with van der Waals surface area (Å²) in [5.74, 6) is -1.06. The summed E-state index contributed by atoms with van der Waals surface area (Å²) in [7, 11) is 0. The molecule has 0 aromatic heterocycles. The Balaban J connectivity index is 1.82. The van der Waals surface area contributed by atoms with Crippen LogP contribution in [0.25, 0.3) is 0 Å². The van der Waals surface area contributed by atoms with E-state index in [-0.39, 0.29) is 18.1 Å². The van der Waals surface area contributed by atoms with Crippen LogP contribution < -0.4 is 14.8 Å². The van der Waals surface area contributed by atoms with E-state index >= 15 is 0 Å². The second-order valence-corrected chi connectivity index (χ2v) is 5.29. The summed E-state index contributed by atoms with van der Waals surface area (Å²) >= 11 is 0. The number of esters is 1. The summed E-state index contributed by atoms with van der Waals surface area (Å²) in [4.78, 5) is 11.8. The van der Waals surface area contributed by atoms with Crippen molar-refractivity contribution >= 4 is 5.97 Å². The summed E-state index contributed by atoms with van der Waals surface area (Å²) in [6.07, 6.45) is -3.39. The lowest BCUT2D eigenvalue weighted by molar-refractivity contribution is -0.286. The van der Waals surface area contributed by atoms with Crippen molar-refractivity contribution in [2.45, 2.75) is 31.7 Å². The molecule has 0 saturated carbocycles. The van der Waals surface area contributed by atoms with E-state index in [1.165, 1.54) is 12.1 Å². The quantitative estimate of drug-likeness (QED) is 0.858. The maximum Gasteiger partial charge on any atom is 0.586 e. The van der Waals surface area contributed by atoms with Crippen molar-refractivity contribution < 1.29 is 27.8 Å². The van der Waals surface area contributed by atoms with E-state index in [0.717, 1.165) is 0 Å². The molecule has 3 atom stereocenters. The van der Waals surface area contributed by atoms with Crippen LogP contribution in [-0.2, 0) is 9.53 Å². The fourth-order valence-corrected chi connectivity index (χ4v) is 2.81. The molecule has 2 aliphatic rings. The number of carbonyl (C=O) groups is 1. The summed E-state index contributed by atoms with van der Waals surface area (Å²) in [6.45, 7) is 1.95. The molecule has 2 aliphatic heterocycles. The highest BCUT2D eigenvalue weighted by Gasteiger charge is 2.44. The summed E-state index contributed by atoms with van der Waals surface area (Å²) in [6, 6.07) is 5.38. The Kier molecular flexibility index (Phi) is 3.82. The van der Waals surface area contributed by atoms with Crippen molar-refractivity contribution in [1.82, 2.24) is 5.32 Å². The normalized spacial score (nSPS) is 27.5. The fraction of sp³-hybridized carbons (Fsp3) is 0.467. The zero-order valence-corrected chi connectivity index (χ0v) is 12.2. The smallest absolute Gasteiger partial charge is 0.465 e. The van der Waals surface area contributed by atoms with Gasteiger partial charge in [0.1, 0.15) is 6.04 Å². The minimum atomic E-state index is -3.69. The SMILES string of the molecule is CCOC(=O)C1CC(C#N)C(c2ccc3c(c2)OC(F)(F)O3)N1. The molecule has 1 aromatic carbocycles. The lowest BCUT2D eigenvalue weighted by Gasteiger charge is -2.15. The number of benzene rings is 1. The number of carbonyl (C=O) groups excluding carboxylic acids is 1. The van der Waals surface area contributed by atoms with E-state index in [0.29, 0.717) is 12.0 Å². The van der Waals surface area contributed by atoms with Gasteiger partial charge in [-0.05, 0) is 31.0 Å². The highest BCUT2D eigenvalue weighted by atomic mass is 19.3. The maximum absolute atomic E-state index is 13.1. The Hall–Kier alpha value is -2.40. The zero-order valence-electron chi connectivity index (χ0n) is 12.2. The molecule has 1 N–H and O–H groups in total. The molecular formula is C15H14F2N2O4. The number of alkyl halides is 2. The molecule has 0 amide bonds. The Morgan fingerprint density at radius 2 is 2.22 bits per heavy atom. The van der Waals surface area contributed by atoms with E-state index in [9.17, 15) is 18.8 Å². The van der Waals surface area contributed by atoms with Gasteiger partial charge in [-0.3, -0.25) is 10.1 Å². The number of fused-ring (bicyclic) bond motifs is 1. The minimum absolute atomic E-state index is 0.0628. The van der Waals surface area contributed by atoms with E-state index in [4.69, 9.17) is 4.74 Å². The first-order valence-electron chi connectivity index (χ1n) is 7.15. The predicted octanol–water partition coefficient (Wildman–Crippen LogP) is 2.11. The van der Waals surface area contributed by atoms with Gasteiger partial charge in [0.25, 0.3) is 0 Å². The van der Waals surface area contributed by atoms with Gasteiger partial charge in [-0.25, -0.2) is 0 Å². The van der Waals surface area contributed by atoms with Gasteiger partial charge in [-0.15, -0.1) is 8.78 Å². The first-order valence-corrected chi connectivity index (χ1v) is 7.15. The van der Waals surface area contributed by atoms with Gasteiger partial charge in [0, 0.05) is 6.04 Å². The van der Waals surface area contributed by atoms with Crippen LogP contribution in [0.1, 0.15) is 24.9 Å². The van der Waals surface area contributed by atoms with Gasteiger partial charge in [-0.2, -0.15) is 5.26 Å². The molecule has 1 fully saturated rings. The molecule has 122 valence electrons. The van der Waals surface area contributed by atoms with Crippen LogP contribution in [-0.4, -0.2) is 24.9 Å². The molecule has 3 rings (SSSR count). The Morgan fingerprint density at radius 1 is 1.48 bits per heavy atom. The van der Waals surface area contributed by atoms with Crippen LogP contribution in [0.15, 0.2) is 18.2 Å². The van der Waals surface area contributed by atoms with E-state index < -0.39 is 30.3 Å². The number of hydrogen-bond donors (Lipinski definition) is 1. The third-order valence-corrected chi connectivity index (χ3v) is 3.79. The third kappa shape index (κ3) is 2.92. The van der Waals surface area contributed by atoms with Gasteiger partial charge in [-0.1, -0.05) is 6.07 Å². The van der Waals surface area contributed by atoms with Crippen molar-refractivity contribution in [3.63, 3.8) is 0 Å². The Morgan fingerprint density at radius 3 is 2.91 bits per heavy atom. The number of ether oxygens (including phenoxy) is 3. The van der Waals surface area contributed by atoms with Gasteiger partial charge >= 0.3 is 12.3 Å². The third-order valence-electron chi connectivity index (χ3n) is 3.79. The number of halogens is 2. The van der Waals surface area contributed by atoms with Crippen LogP contribution in [0.3, 0.4) is 0 Å². The second kappa shape index (κ2) is 5.66. The molecule has 3 unspecified atom stereocenters. The molecule has 0 spiro atoms. The van der Waals surface area contributed by atoms with Gasteiger partial charge < -0.3 is 14.2 Å². The molecule has 0 radical (unpaired) electrons. The topological polar surface area (TPSA) is 80.6 Å². The van der Waals surface area contributed by atoms with E-state index in [1.807, 2.05) is 0 Å². The van der Waals surface area contributed by atoms with Crippen LogP contribution in [0.5, 0.6) is 11.5 Å². The molecule has 23 heavy (non-hydrogen) atoms. The molecule has 1 aromatic rings. The second-order valence-electron chi connectivity index (χ2n) is 5.29. The zero-order chi connectivity index (χ0) is 16.6. The first-order chi connectivity index (χ1) is 10.9. The van der Waals surface area contributed by atoms with Crippen LogP contribution in [0, 0.1) is 17.2 Å². The standard InChI is InChI=1S/C15H14F2N2O4/c1-2-21-14(20)10-5-9(7-18)13(19-10)8-3-4-11-12(6-8)23-15(16,17)22-11/h3-4,6,9-10,13,19H,2,5H2,1H3. The van der Waals surface area contributed by atoms with Crippen molar-refractivity contribution in [3.05, 3.63) is 23.8 Å². The lowest BCUT2D eigenvalue weighted by Crippen LogP contribution is -2.33. The molecule has 1 saturated heterocycles. The van der Waals surface area contributed by atoms with Crippen molar-refractivity contribution in [3.8, 4) is 17.6 Å². The average Bonchev–Trinajstić information content (AvgIpc) is 3.05. The van der Waals surface area contributed by atoms with Crippen molar-refractivity contribution in [2.24, 2.45) is 5.92 Å². The summed E-state index contributed by atoms with van der Waals surface area (Å²) in [5.41, 5.74) is 0.573. The van der Waals surface area contributed by atoms with Crippen LogP contribution in [0.4, 0.5) is 8.78 Å². The fourth-order valence-electron chi connectivity index (χ4n) is 2.81. The Bertz CT molecular complexity index is 674. The number of nitrogens with one attached hydrogen (secondary N) is 1. The number of hydrogen-bond acceptors (Lipinski definition) is 6. The number of nitriles is 1. The number of nitrogens with zero attached hydrogens (tertiary/aromatic N) is 1. The predicted molar refractivity (Wildman–Crippen MR) is 72.7 cm³/mol. The molecular weight excluding hydrogens is 310 g/mol. The van der Waals surface area contributed by atoms with Gasteiger partial charge in [0.05, 0.1) is 18.6 Å². The van der Waals surface area contributed by atoms with Gasteiger partial charge in [0.15, 0.2) is 11.5 Å². The summed E-state index contributed by atoms with van der Waals surface area (Å²) in [5, 5.41) is 12.3. The molecule has 6 nitrogen and oxygen atoms in total. The highest BCUT2D eigenvalue weighted by Crippen LogP contribution is 2.43. The lowest BCUT2D eigenvalue weighted by atomic mass is 9.94. The monoisotopic (exact) mass is 324 g/mol. The van der Waals surface area contributed by atoms with Gasteiger partial charge in [0.2, 0.25) is 0 Å². The van der Waals surface area contributed by atoms with Crippen LogP contribution >= 0.6 is 0 Å². The van der Waals surface area contributed by atoms with E-state index in [1.54, 1.807) is 13.0 Å². The molecule has 2 heterocycles. The average molecular weight is 324 g/mol. The van der Waals surface area contributed by atoms with Crippen molar-refractivity contribution in [1.29, 1.82) is 5.26 Å². The first kappa shape index (κ1) is 15.5. The largest absolute Gasteiger partial charge is 0.586 e.